The van der Waals surface area contributed by atoms with Crippen molar-refractivity contribution >= 4 is 16.9 Å². The third-order valence-corrected chi connectivity index (χ3v) is 6.41. The number of carbonyl (C=O) groups excluding carboxylic acids is 1. The Morgan fingerprint density at radius 1 is 1.00 bits per heavy atom. The normalized spacial score (nSPS) is 15.2. The summed E-state index contributed by atoms with van der Waals surface area (Å²) in [6, 6.07) is 10.9. The number of carbonyl (C=O) groups is 1. The van der Waals surface area contributed by atoms with Gasteiger partial charge in [0.2, 0.25) is 5.76 Å². The first kappa shape index (κ1) is 24.0. The van der Waals surface area contributed by atoms with Crippen LogP contribution >= 0.6 is 0 Å². The molecule has 0 bridgehead atoms. The third-order valence-electron chi connectivity index (χ3n) is 6.41. The molecule has 0 spiro atoms. The molecule has 0 fully saturated rings. The van der Waals surface area contributed by atoms with E-state index in [4.69, 9.17) is 13.9 Å². The monoisotopic (exact) mass is 463 g/mol. The Morgan fingerprint density at radius 2 is 1.76 bits per heavy atom. The fraction of sp³-hybridized carbons (Fsp3) is 0.429. The van der Waals surface area contributed by atoms with Crippen molar-refractivity contribution in [3.05, 3.63) is 74.6 Å². The lowest BCUT2D eigenvalue weighted by Gasteiger charge is -2.25. The summed E-state index contributed by atoms with van der Waals surface area (Å²) >= 11 is 0. The maximum Gasteiger partial charge on any atom is 0.290 e. The molecular formula is C28H33NO5. The lowest BCUT2D eigenvalue weighted by Crippen LogP contribution is -2.32. The lowest BCUT2D eigenvalue weighted by atomic mass is 9.97. The smallest absolute Gasteiger partial charge is 0.290 e. The Balaban J connectivity index is 1.72. The maximum absolute atomic E-state index is 13.7. The van der Waals surface area contributed by atoms with Crippen LogP contribution < -0.4 is 10.2 Å². The van der Waals surface area contributed by atoms with E-state index in [0.717, 1.165) is 35.3 Å². The van der Waals surface area contributed by atoms with Crippen LogP contribution in [-0.2, 0) is 4.74 Å². The summed E-state index contributed by atoms with van der Waals surface area (Å²) in [7, 11) is 1.60. The van der Waals surface area contributed by atoms with Crippen molar-refractivity contribution in [3.8, 4) is 5.75 Å². The zero-order valence-corrected chi connectivity index (χ0v) is 20.5. The van der Waals surface area contributed by atoms with E-state index >= 15 is 0 Å². The highest BCUT2D eigenvalue weighted by molar-refractivity contribution is 5.99. The van der Waals surface area contributed by atoms with Gasteiger partial charge >= 0.3 is 0 Å². The number of amides is 1. The Hall–Kier alpha value is -3.12. The first-order valence-electron chi connectivity index (χ1n) is 12.1. The van der Waals surface area contributed by atoms with Gasteiger partial charge in [0.05, 0.1) is 30.2 Å². The molecule has 1 aliphatic rings. The van der Waals surface area contributed by atoms with Crippen LogP contribution in [0.5, 0.6) is 5.75 Å². The van der Waals surface area contributed by atoms with Gasteiger partial charge in [-0.25, -0.2) is 0 Å². The van der Waals surface area contributed by atoms with Crippen LogP contribution in [0.15, 0.2) is 45.6 Å². The summed E-state index contributed by atoms with van der Waals surface area (Å²) in [6.45, 7) is 7.43. The molecular weight excluding hydrogens is 430 g/mol. The average molecular weight is 464 g/mol. The molecule has 34 heavy (non-hydrogen) atoms. The fourth-order valence-electron chi connectivity index (χ4n) is 4.75. The molecule has 1 aliphatic heterocycles. The van der Waals surface area contributed by atoms with Gasteiger partial charge in [-0.05, 0) is 55.2 Å². The van der Waals surface area contributed by atoms with E-state index in [1.54, 1.807) is 12.0 Å². The Bertz CT molecular complexity index is 1230. The second-order valence-corrected chi connectivity index (χ2v) is 9.00. The van der Waals surface area contributed by atoms with Crippen LogP contribution in [0.25, 0.3) is 11.0 Å². The molecule has 0 aliphatic carbocycles. The van der Waals surface area contributed by atoms with Gasteiger partial charge < -0.3 is 18.8 Å². The van der Waals surface area contributed by atoms with Crippen LogP contribution in [0.3, 0.4) is 0 Å². The minimum Gasteiger partial charge on any atom is -0.494 e. The second kappa shape index (κ2) is 10.4. The topological polar surface area (TPSA) is 69.0 Å². The Morgan fingerprint density at radius 3 is 2.47 bits per heavy atom. The number of aryl methyl sites for hydroxylation is 2. The van der Waals surface area contributed by atoms with Gasteiger partial charge in [-0.15, -0.1) is 0 Å². The highest BCUT2D eigenvalue weighted by atomic mass is 16.5. The Labute approximate surface area is 200 Å². The van der Waals surface area contributed by atoms with Crippen LogP contribution in [0, 0.1) is 13.8 Å². The maximum atomic E-state index is 13.7. The van der Waals surface area contributed by atoms with Crippen LogP contribution in [0.1, 0.15) is 71.5 Å². The summed E-state index contributed by atoms with van der Waals surface area (Å²) in [5, 5.41) is 0.530. The molecule has 1 atom stereocenters. The second-order valence-electron chi connectivity index (χ2n) is 9.00. The minimum atomic E-state index is -0.530. The fourth-order valence-corrected chi connectivity index (χ4v) is 4.75. The molecule has 1 amide bonds. The number of hydrogen-bond donors (Lipinski definition) is 0. The Kier molecular flexibility index (Phi) is 7.37. The van der Waals surface area contributed by atoms with Crippen molar-refractivity contribution in [3.63, 3.8) is 0 Å². The molecule has 1 aromatic heterocycles. The number of fused-ring (bicyclic) bond motifs is 2. The molecule has 0 N–H and O–H groups in total. The van der Waals surface area contributed by atoms with Crippen molar-refractivity contribution in [1.82, 2.24) is 4.90 Å². The van der Waals surface area contributed by atoms with Gasteiger partial charge in [0, 0.05) is 13.7 Å². The highest BCUT2D eigenvalue weighted by Gasteiger charge is 2.42. The standard InChI is InChI=1S/C28H33NO5/c1-5-6-7-8-14-33-21-11-9-20(10-12-21)25-24-26(30)23-19(3)16-18(2)17-22(23)34-27(24)28(31)29(25)13-15-32-4/h9-12,16-17,25H,5-8,13-15H2,1-4H3. The molecule has 6 nitrogen and oxygen atoms in total. The van der Waals surface area contributed by atoms with E-state index < -0.39 is 6.04 Å². The zero-order chi connectivity index (χ0) is 24.2. The van der Waals surface area contributed by atoms with Crippen LogP contribution in [0.2, 0.25) is 0 Å². The van der Waals surface area contributed by atoms with Gasteiger partial charge in [0.25, 0.3) is 5.91 Å². The van der Waals surface area contributed by atoms with Gasteiger partial charge in [-0.2, -0.15) is 0 Å². The summed E-state index contributed by atoms with van der Waals surface area (Å²) in [4.78, 5) is 28.7. The van der Waals surface area contributed by atoms with Crippen molar-refractivity contribution in [2.75, 3.05) is 26.9 Å². The molecule has 0 radical (unpaired) electrons. The molecule has 2 heterocycles. The molecule has 2 aromatic carbocycles. The van der Waals surface area contributed by atoms with Crippen molar-refractivity contribution in [1.29, 1.82) is 0 Å². The molecule has 0 saturated carbocycles. The predicted octanol–water partition coefficient (Wildman–Crippen LogP) is 5.56. The molecule has 4 rings (SSSR count). The predicted molar refractivity (Wildman–Crippen MR) is 133 cm³/mol. The van der Waals surface area contributed by atoms with E-state index in [9.17, 15) is 9.59 Å². The van der Waals surface area contributed by atoms with E-state index in [-0.39, 0.29) is 17.1 Å². The summed E-state index contributed by atoms with van der Waals surface area (Å²) in [6.07, 6.45) is 4.59. The third kappa shape index (κ3) is 4.60. The molecule has 1 unspecified atom stereocenters. The van der Waals surface area contributed by atoms with Gasteiger partial charge in [-0.3, -0.25) is 9.59 Å². The van der Waals surface area contributed by atoms with Crippen molar-refractivity contribution < 1.29 is 18.7 Å². The quantitative estimate of drug-likeness (QED) is 0.368. The SMILES string of the molecule is CCCCCCOc1ccc(C2c3c(oc4cc(C)cc(C)c4c3=O)C(=O)N2CCOC)cc1. The number of ether oxygens (including phenoxy) is 2. The molecule has 3 aromatic rings. The summed E-state index contributed by atoms with van der Waals surface area (Å²) in [5.74, 6) is 0.622. The van der Waals surface area contributed by atoms with Crippen molar-refractivity contribution in [2.24, 2.45) is 0 Å². The van der Waals surface area contributed by atoms with Gasteiger partial charge in [-0.1, -0.05) is 44.4 Å². The van der Waals surface area contributed by atoms with Gasteiger partial charge in [0.1, 0.15) is 11.3 Å². The summed E-state index contributed by atoms with van der Waals surface area (Å²) in [5.41, 5.74) is 3.38. The van der Waals surface area contributed by atoms with E-state index in [1.165, 1.54) is 12.8 Å². The average Bonchev–Trinajstić information content (AvgIpc) is 3.09. The van der Waals surface area contributed by atoms with E-state index in [2.05, 4.69) is 6.92 Å². The number of hydrogen-bond acceptors (Lipinski definition) is 5. The zero-order valence-electron chi connectivity index (χ0n) is 20.5. The number of nitrogens with zero attached hydrogens (tertiary/aromatic N) is 1. The minimum absolute atomic E-state index is 0.125. The van der Waals surface area contributed by atoms with Crippen LogP contribution in [0.4, 0.5) is 0 Å². The van der Waals surface area contributed by atoms with Crippen molar-refractivity contribution in [2.45, 2.75) is 52.5 Å². The number of methoxy groups -OCH3 is 1. The number of rotatable bonds is 10. The van der Waals surface area contributed by atoms with Crippen LogP contribution in [-0.4, -0.2) is 37.7 Å². The molecule has 0 saturated heterocycles. The van der Waals surface area contributed by atoms with E-state index in [0.29, 0.717) is 36.3 Å². The number of benzene rings is 2. The largest absolute Gasteiger partial charge is 0.494 e. The number of unbranched alkanes of at least 4 members (excludes halogenated alkanes) is 3. The lowest BCUT2D eigenvalue weighted by molar-refractivity contribution is 0.0663. The molecule has 180 valence electrons. The first-order chi connectivity index (χ1) is 16.5. The van der Waals surface area contributed by atoms with E-state index in [1.807, 2.05) is 50.2 Å². The van der Waals surface area contributed by atoms with Gasteiger partial charge in [0.15, 0.2) is 5.43 Å². The summed E-state index contributed by atoms with van der Waals surface area (Å²) < 4.78 is 17.2. The molecule has 6 heteroatoms. The highest BCUT2D eigenvalue weighted by Crippen LogP contribution is 2.39. The first-order valence-corrected chi connectivity index (χ1v) is 12.1.